The highest BCUT2D eigenvalue weighted by Gasteiger charge is 2.10. The lowest BCUT2D eigenvalue weighted by atomic mass is 10.2. The van der Waals surface area contributed by atoms with E-state index in [1.807, 2.05) is 0 Å². The second-order valence-electron chi connectivity index (χ2n) is 3.35. The average Bonchev–Trinajstić information content (AvgIpc) is 2.39. The third-order valence-corrected chi connectivity index (χ3v) is 2.43. The van der Waals surface area contributed by atoms with Crippen LogP contribution in [0.25, 0.3) is 0 Å². The lowest BCUT2D eigenvalue weighted by Crippen LogP contribution is -2.13. The van der Waals surface area contributed by atoms with Gasteiger partial charge in [0, 0.05) is 25.6 Å². The van der Waals surface area contributed by atoms with E-state index in [-0.39, 0.29) is 5.91 Å². The topological polar surface area (TPSA) is 79.8 Å². The van der Waals surface area contributed by atoms with Gasteiger partial charge in [-0.05, 0) is 6.07 Å². The molecule has 0 atom stereocenters. The molecule has 2 aromatic heterocycles. The van der Waals surface area contributed by atoms with E-state index in [0.29, 0.717) is 22.2 Å². The largest absolute Gasteiger partial charge is 0.372 e. The molecular weight excluding hydrogens is 254 g/mol. The third kappa shape index (κ3) is 2.72. The van der Waals surface area contributed by atoms with E-state index >= 15 is 0 Å². The number of hydrogen-bond donors (Lipinski definition) is 2. The van der Waals surface area contributed by atoms with Gasteiger partial charge >= 0.3 is 0 Å². The Hall–Kier alpha value is -2.21. The zero-order valence-corrected chi connectivity index (χ0v) is 10.3. The molecule has 0 bridgehead atoms. The first-order valence-electron chi connectivity index (χ1n) is 5.11. The molecule has 2 N–H and O–H groups in total. The van der Waals surface area contributed by atoms with E-state index in [1.165, 1.54) is 30.9 Å². The molecule has 0 fully saturated rings. The SMILES string of the molecule is CNc1ncc(C(=O)Nc2cnccn2)cc1Cl. The number of halogens is 1. The molecule has 1 amide bonds. The number of carbonyl (C=O) groups is 1. The Morgan fingerprint density at radius 3 is 2.72 bits per heavy atom. The Morgan fingerprint density at radius 1 is 1.28 bits per heavy atom. The van der Waals surface area contributed by atoms with Crippen molar-refractivity contribution in [2.24, 2.45) is 0 Å². The lowest BCUT2D eigenvalue weighted by molar-refractivity contribution is 0.102. The zero-order chi connectivity index (χ0) is 13.0. The van der Waals surface area contributed by atoms with Crippen LogP contribution in [0, 0.1) is 0 Å². The van der Waals surface area contributed by atoms with Crippen molar-refractivity contribution in [3.05, 3.63) is 41.4 Å². The second kappa shape index (κ2) is 5.42. The number of carbonyl (C=O) groups excluding carboxylic acids is 1. The molecule has 92 valence electrons. The first-order chi connectivity index (χ1) is 8.70. The van der Waals surface area contributed by atoms with Gasteiger partial charge in [-0.25, -0.2) is 9.97 Å². The maximum Gasteiger partial charge on any atom is 0.258 e. The summed E-state index contributed by atoms with van der Waals surface area (Å²) in [6, 6.07) is 1.53. The monoisotopic (exact) mass is 263 g/mol. The van der Waals surface area contributed by atoms with Crippen LogP contribution in [0.15, 0.2) is 30.9 Å². The first-order valence-corrected chi connectivity index (χ1v) is 5.49. The van der Waals surface area contributed by atoms with Crippen molar-refractivity contribution in [3.8, 4) is 0 Å². The number of nitrogens with zero attached hydrogens (tertiary/aromatic N) is 3. The van der Waals surface area contributed by atoms with Crippen molar-refractivity contribution < 1.29 is 4.79 Å². The Kier molecular flexibility index (Phi) is 3.69. The molecular formula is C11H10ClN5O. The maximum atomic E-state index is 11.9. The van der Waals surface area contributed by atoms with Crippen LogP contribution in [-0.2, 0) is 0 Å². The third-order valence-electron chi connectivity index (χ3n) is 2.14. The number of pyridine rings is 1. The van der Waals surface area contributed by atoms with Gasteiger partial charge in [-0.2, -0.15) is 0 Å². The van der Waals surface area contributed by atoms with Crippen LogP contribution in [0.2, 0.25) is 5.02 Å². The predicted molar refractivity (Wildman–Crippen MR) is 68.8 cm³/mol. The van der Waals surface area contributed by atoms with Crippen LogP contribution in [0.1, 0.15) is 10.4 Å². The van der Waals surface area contributed by atoms with Gasteiger partial charge < -0.3 is 10.6 Å². The summed E-state index contributed by atoms with van der Waals surface area (Å²) < 4.78 is 0. The van der Waals surface area contributed by atoms with E-state index < -0.39 is 0 Å². The van der Waals surface area contributed by atoms with E-state index in [9.17, 15) is 4.79 Å². The van der Waals surface area contributed by atoms with E-state index in [0.717, 1.165) is 0 Å². The van der Waals surface area contributed by atoms with Gasteiger partial charge in [0.15, 0.2) is 5.82 Å². The second-order valence-corrected chi connectivity index (χ2v) is 3.76. The van der Waals surface area contributed by atoms with Crippen molar-refractivity contribution in [2.45, 2.75) is 0 Å². The molecule has 0 aliphatic rings. The Bertz CT molecular complexity index is 561. The van der Waals surface area contributed by atoms with Crippen LogP contribution in [0.3, 0.4) is 0 Å². The van der Waals surface area contributed by atoms with Crippen LogP contribution in [-0.4, -0.2) is 27.9 Å². The molecule has 7 heteroatoms. The summed E-state index contributed by atoms with van der Waals surface area (Å²) >= 11 is 5.94. The molecule has 0 aliphatic heterocycles. The molecule has 0 saturated carbocycles. The van der Waals surface area contributed by atoms with E-state index in [1.54, 1.807) is 7.05 Å². The van der Waals surface area contributed by atoms with Crippen LogP contribution >= 0.6 is 11.6 Å². The minimum atomic E-state index is -0.340. The summed E-state index contributed by atoms with van der Waals surface area (Å²) in [5.41, 5.74) is 0.352. The average molecular weight is 264 g/mol. The van der Waals surface area contributed by atoms with Gasteiger partial charge in [0.05, 0.1) is 16.8 Å². The molecule has 6 nitrogen and oxygen atoms in total. The van der Waals surface area contributed by atoms with Gasteiger partial charge in [-0.15, -0.1) is 0 Å². The predicted octanol–water partition coefficient (Wildman–Crippen LogP) is 1.82. The highest BCUT2D eigenvalue weighted by molar-refractivity contribution is 6.33. The normalized spacial score (nSPS) is 9.89. The quantitative estimate of drug-likeness (QED) is 0.883. The number of amides is 1. The van der Waals surface area contributed by atoms with E-state index in [4.69, 9.17) is 11.6 Å². The van der Waals surface area contributed by atoms with Crippen LogP contribution in [0.5, 0.6) is 0 Å². The standard InChI is InChI=1S/C11H10ClN5O/c1-13-10-8(12)4-7(5-16-10)11(18)17-9-6-14-2-3-15-9/h2-6H,1H3,(H,13,16)(H,15,17,18). The van der Waals surface area contributed by atoms with Crippen molar-refractivity contribution in [1.82, 2.24) is 15.0 Å². The van der Waals surface area contributed by atoms with Gasteiger partial charge in [-0.1, -0.05) is 11.6 Å². The minimum Gasteiger partial charge on any atom is -0.372 e. The molecule has 0 saturated heterocycles. The van der Waals surface area contributed by atoms with Crippen LogP contribution < -0.4 is 10.6 Å². The summed E-state index contributed by atoms with van der Waals surface area (Å²) in [6.45, 7) is 0. The number of aromatic nitrogens is 3. The van der Waals surface area contributed by atoms with Crippen LogP contribution in [0.4, 0.5) is 11.6 Å². The molecule has 18 heavy (non-hydrogen) atoms. The fraction of sp³-hybridized carbons (Fsp3) is 0.0909. The molecule has 0 unspecified atom stereocenters. The zero-order valence-electron chi connectivity index (χ0n) is 9.51. The maximum absolute atomic E-state index is 11.9. The van der Waals surface area contributed by atoms with Crippen molar-refractivity contribution in [1.29, 1.82) is 0 Å². The van der Waals surface area contributed by atoms with Crippen molar-refractivity contribution in [2.75, 3.05) is 17.7 Å². The summed E-state index contributed by atoms with van der Waals surface area (Å²) in [6.07, 6.45) is 5.90. The van der Waals surface area contributed by atoms with Gasteiger partial charge in [0.2, 0.25) is 0 Å². The molecule has 0 aromatic carbocycles. The molecule has 2 rings (SSSR count). The fourth-order valence-corrected chi connectivity index (χ4v) is 1.56. The number of anilines is 2. The van der Waals surface area contributed by atoms with Gasteiger partial charge in [-0.3, -0.25) is 9.78 Å². The molecule has 2 aromatic rings. The highest BCUT2D eigenvalue weighted by atomic mass is 35.5. The number of hydrogen-bond acceptors (Lipinski definition) is 5. The first kappa shape index (κ1) is 12.3. The van der Waals surface area contributed by atoms with Crippen molar-refractivity contribution >= 4 is 29.1 Å². The number of rotatable bonds is 3. The smallest absolute Gasteiger partial charge is 0.258 e. The Labute approximate surface area is 108 Å². The lowest BCUT2D eigenvalue weighted by Gasteiger charge is -2.06. The summed E-state index contributed by atoms with van der Waals surface area (Å²) in [5, 5.41) is 5.78. The molecule has 0 radical (unpaired) electrons. The molecule has 0 spiro atoms. The van der Waals surface area contributed by atoms with E-state index in [2.05, 4.69) is 25.6 Å². The molecule has 2 heterocycles. The minimum absolute atomic E-state index is 0.340. The summed E-state index contributed by atoms with van der Waals surface area (Å²) in [5.74, 6) is 0.552. The van der Waals surface area contributed by atoms with Crippen molar-refractivity contribution in [3.63, 3.8) is 0 Å². The number of nitrogens with one attached hydrogen (secondary N) is 2. The molecule has 0 aliphatic carbocycles. The highest BCUT2D eigenvalue weighted by Crippen LogP contribution is 2.19. The Morgan fingerprint density at radius 2 is 2.11 bits per heavy atom. The van der Waals surface area contributed by atoms with Gasteiger partial charge in [0.1, 0.15) is 5.82 Å². The van der Waals surface area contributed by atoms with Gasteiger partial charge in [0.25, 0.3) is 5.91 Å². The summed E-state index contributed by atoms with van der Waals surface area (Å²) in [7, 11) is 1.70. The fourth-order valence-electron chi connectivity index (χ4n) is 1.30. The summed E-state index contributed by atoms with van der Waals surface area (Å²) in [4.78, 5) is 23.7. The Balaban J connectivity index is 2.17.